The van der Waals surface area contributed by atoms with Crippen LogP contribution in [0.25, 0.3) is 0 Å². The van der Waals surface area contributed by atoms with E-state index in [0.29, 0.717) is 30.5 Å². The summed E-state index contributed by atoms with van der Waals surface area (Å²) < 4.78 is 12.8. The fourth-order valence-electron chi connectivity index (χ4n) is 9.80. The van der Waals surface area contributed by atoms with Gasteiger partial charge in [-0.15, -0.1) is 0 Å². The molecule has 3 aliphatic rings. The Morgan fingerprint density at radius 3 is 1.44 bits per heavy atom. The van der Waals surface area contributed by atoms with Crippen molar-refractivity contribution < 1.29 is 33.8 Å². The Labute approximate surface area is 444 Å². The summed E-state index contributed by atoms with van der Waals surface area (Å²) in [7, 11) is 1.33. The molecule has 2 unspecified atom stereocenters. The van der Waals surface area contributed by atoms with E-state index in [2.05, 4.69) is 44.2 Å². The van der Waals surface area contributed by atoms with E-state index in [1.807, 2.05) is 65.9 Å². The number of aliphatic carboxylic acids is 1. The van der Waals surface area contributed by atoms with Gasteiger partial charge in [-0.05, 0) is 150 Å². The Morgan fingerprint density at radius 1 is 0.667 bits per heavy atom. The molecule has 0 saturated carbocycles. The van der Waals surface area contributed by atoms with Crippen LogP contribution in [-0.2, 0) is 28.7 Å². The molecular formula is C58H86N8O9. The van der Waals surface area contributed by atoms with Crippen molar-refractivity contribution in [3.05, 3.63) is 117 Å². The Bertz CT molecular complexity index is 2570. The van der Waals surface area contributed by atoms with E-state index in [1.165, 1.54) is 54.1 Å². The van der Waals surface area contributed by atoms with Crippen molar-refractivity contribution in [1.29, 1.82) is 0 Å². The molecular weight excluding hydrogens is 953 g/mol. The first kappa shape index (κ1) is 61.2. The average Bonchev–Trinajstić information content (AvgIpc) is 3.96. The van der Waals surface area contributed by atoms with Gasteiger partial charge in [0.05, 0.1) is 55.8 Å². The quantitative estimate of drug-likeness (QED) is 0.0796. The first-order valence-electron chi connectivity index (χ1n) is 26.6. The van der Waals surface area contributed by atoms with Crippen molar-refractivity contribution in [3.63, 3.8) is 0 Å². The number of methoxy groups -OCH3 is 1. The minimum absolute atomic E-state index is 0. The van der Waals surface area contributed by atoms with Gasteiger partial charge in [-0.2, -0.15) is 0 Å². The standard InChI is InChI=1S/C27H38N4O4.C26H36N4O4.C4H8O.CH4/c1-18(2)12-24(31-11-9-19(3)13-25(31)32)27(34)29-23(15-26(33)35-5)21-14-22(17-28-16-21)30-10-7-6-8-20(30)4;1-17(2)11-23(30-10-8-18(3)12-24(30)31)26(34)28-22(14-25(32)33)20-13-21(16-27-15-20)29-9-6-5-7-19(29)4;1-2-4-5-3-1;/h9,11,13-14,16-18,20,23-24H,6-8,10,12,15H2,1-5H3,(H,29,34);8,10,12-13,15-17,19,22-23H,5-7,9,11,14H2,1-4H3,(H,28,34)(H,32,33);1-4H2;1H4/t20-,23+,24?;19-,22+,23?;;/m00../s1. The Hall–Kier alpha value is -6.36. The number of anilines is 2. The van der Waals surface area contributed by atoms with Gasteiger partial charge in [0.25, 0.3) is 11.1 Å². The molecule has 6 atom stereocenters. The van der Waals surface area contributed by atoms with Gasteiger partial charge >= 0.3 is 11.9 Å². The molecule has 3 fully saturated rings. The van der Waals surface area contributed by atoms with Crippen LogP contribution in [0.5, 0.6) is 0 Å². The second kappa shape index (κ2) is 30.3. The van der Waals surface area contributed by atoms with Crippen LogP contribution in [0.3, 0.4) is 0 Å². The summed E-state index contributed by atoms with van der Waals surface area (Å²) in [5.41, 5.74) is 4.48. The highest BCUT2D eigenvalue weighted by Crippen LogP contribution is 2.30. The molecule has 3 aliphatic heterocycles. The van der Waals surface area contributed by atoms with Crippen molar-refractivity contribution >= 4 is 35.1 Å². The van der Waals surface area contributed by atoms with Gasteiger partial charge in [0, 0.05) is 75.3 Å². The maximum absolute atomic E-state index is 13.6. The molecule has 17 heteroatoms. The Balaban J connectivity index is 0.000000292. The Morgan fingerprint density at radius 2 is 1.09 bits per heavy atom. The summed E-state index contributed by atoms with van der Waals surface area (Å²) in [5.74, 6) is -1.79. The van der Waals surface area contributed by atoms with Crippen LogP contribution < -0.4 is 31.6 Å². The number of hydrogen-bond donors (Lipinski definition) is 3. The minimum Gasteiger partial charge on any atom is -0.481 e. The summed E-state index contributed by atoms with van der Waals surface area (Å²) in [6, 6.07) is 8.54. The van der Waals surface area contributed by atoms with Crippen molar-refractivity contribution in [2.45, 2.75) is 176 Å². The van der Waals surface area contributed by atoms with E-state index in [1.54, 1.807) is 37.1 Å². The van der Waals surface area contributed by atoms with E-state index >= 15 is 0 Å². The highest BCUT2D eigenvalue weighted by Gasteiger charge is 2.30. The lowest BCUT2D eigenvalue weighted by Gasteiger charge is -2.35. The zero-order chi connectivity index (χ0) is 53.9. The number of hydrogen-bond acceptors (Lipinski definition) is 12. The molecule has 7 rings (SSSR count). The number of ether oxygens (including phenoxy) is 2. The molecule has 2 amide bonds. The fraction of sp³-hybridized carbons (Fsp3) is 0.586. The van der Waals surface area contributed by atoms with Gasteiger partial charge < -0.3 is 44.1 Å². The number of piperidine rings is 2. The summed E-state index contributed by atoms with van der Waals surface area (Å²) in [6.07, 6.45) is 20.3. The van der Waals surface area contributed by atoms with Crippen molar-refractivity contribution in [3.8, 4) is 0 Å². The number of nitrogens with one attached hydrogen (secondary N) is 2. The summed E-state index contributed by atoms with van der Waals surface area (Å²) in [4.78, 5) is 89.6. The third kappa shape index (κ3) is 18.8. The predicted molar refractivity (Wildman–Crippen MR) is 295 cm³/mol. The van der Waals surface area contributed by atoms with Gasteiger partial charge in [0.15, 0.2) is 0 Å². The topological polar surface area (TPSA) is 207 Å². The van der Waals surface area contributed by atoms with Crippen LogP contribution >= 0.6 is 0 Å². The van der Waals surface area contributed by atoms with Crippen LogP contribution in [0.2, 0.25) is 0 Å². The smallest absolute Gasteiger partial charge is 0.307 e. The number of esters is 1. The van der Waals surface area contributed by atoms with E-state index < -0.39 is 36.1 Å². The number of carbonyl (C=O) groups excluding carboxylic acids is 3. The molecule has 0 radical (unpaired) electrons. The summed E-state index contributed by atoms with van der Waals surface area (Å²) in [6.45, 7) is 19.9. The summed E-state index contributed by atoms with van der Waals surface area (Å²) >= 11 is 0. The number of aromatic nitrogens is 4. The Kier molecular flexibility index (Phi) is 24.7. The molecule has 7 heterocycles. The first-order chi connectivity index (χ1) is 35.3. The van der Waals surface area contributed by atoms with Crippen LogP contribution in [-0.4, -0.2) is 93.5 Å². The molecule has 0 spiro atoms. The number of carbonyl (C=O) groups is 4. The third-order valence-corrected chi connectivity index (χ3v) is 13.9. The normalized spacial score (nSPS) is 18.0. The van der Waals surface area contributed by atoms with E-state index in [0.717, 1.165) is 80.1 Å². The molecule has 75 heavy (non-hydrogen) atoms. The monoisotopic (exact) mass is 1040 g/mol. The molecule has 412 valence electrons. The van der Waals surface area contributed by atoms with Crippen LogP contribution in [0.4, 0.5) is 11.4 Å². The second-order valence-corrected chi connectivity index (χ2v) is 21.0. The number of rotatable bonds is 18. The zero-order valence-corrected chi connectivity index (χ0v) is 45.3. The maximum Gasteiger partial charge on any atom is 0.307 e. The van der Waals surface area contributed by atoms with E-state index in [4.69, 9.17) is 9.47 Å². The number of aryl methyl sites for hydroxylation is 2. The van der Waals surface area contributed by atoms with Gasteiger partial charge in [-0.25, -0.2) is 0 Å². The van der Waals surface area contributed by atoms with Crippen LogP contribution in [0.1, 0.15) is 172 Å². The van der Waals surface area contributed by atoms with Crippen LogP contribution in [0, 0.1) is 25.7 Å². The predicted octanol–water partition coefficient (Wildman–Crippen LogP) is 9.22. The van der Waals surface area contributed by atoms with Gasteiger partial charge in [-0.1, -0.05) is 35.1 Å². The second-order valence-electron chi connectivity index (χ2n) is 21.0. The number of carboxylic acid groups (broad SMARTS) is 1. The van der Waals surface area contributed by atoms with Crippen LogP contribution in [0.15, 0.2) is 83.2 Å². The van der Waals surface area contributed by atoms with E-state index in [9.17, 15) is 33.9 Å². The molecule has 4 aromatic rings. The number of amides is 2. The SMILES string of the molecule is C.C1CCOC1.COC(=O)C[C@@H](NC(=O)C(CC(C)C)n1ccc(C)cc1=O)c1cncc(N2CCCC[C@@H]2C)c1.Cc1ccn(C(CC(C)C)C(=O)N[C@H](CC(=O)O)c2cncc(N3CCCC[C@@H]3C)c2)c(=O)c1. The first-order valence-corrected chi connectivity index (χ1v) is 26.6. The van der Waals surface area contributed by atoms with E-state index in [-0.39, 0.29) is 55.0 Å². The van der Waals surface area contributed by atoms with Gasteiger partial charge in [-0.3, -0.25) is 38.7 Å². The number of pyridine rings is 4. The highest BCUT2D eigenvalue weighted by molar-refractivity contribution is 5.82. The minimum atomic E-state index is -1.02. The lowest BCUT2D eigenvalue weighted by molar-refractivity contribution is -0.142. The molecule has 3 N–H and O–H groups in total. The highest BCUT2D eigenvalue weighted by atomic mass is 16.5. The third-order valence-electron chi connectivity index (χ3n) is 13.9. The number of nitrogens with zero attached hydrogens (tertiary/aromatic N) is 6. The molecule has 0 bridgehead atoms. The molecule has 3 saturated heterocycles. The molecule has 0 aromatic carbocycles. The van der Waals surface area contributed by atoms with Crippen molar-refractivity contribution in [2.24, 2.45) is 11.8 Å². The summed E-state index contributed by atoms with van der Waals surface area (Å²) in [5, 5.41) is 15.5. The molecule has 0 aliphatic carbocycles. The van der Waals surface area contributed by atoms with Crippen molar-refractivity contribution in [2.75, 3.05) is 43.2 Å². The zero-order valence-electron chi connectivity index (χ0n) is 45.3. The lowest BCUT2D eigenvalue weighted by Crippen LogP contribution is -2.40. The average molecular weight is 1040 g/mol. The van der Waals surface area contributed by atoms with Gasteiger partial charge in [0.2, 0.25) is 11.8 Å². The maximum atomic E-state index is 13.6. The van der Waals surface area contributed by atoms with Gasteiger partial charge in [0.1, 0.15) is 12.1 Å². The fourth-order valence-corrected chi connectivity index (χ4v) is 9.80. The largest absolute Gasteiger partial charge is 0.481 e. The lowest BCUT2D eigenvalue weighted by atomic mass is 9.99. The van der Waals surface area contributed by atoms with Crippen molar-refractivity contribution in [1.82, 2.24) is 29.7 Å². The molecule has 4 aromatic heterocycles. The molecule has 17 nitrogen and oxygen atoms in total. The number of carboxylic acids is 1.